The number of carbonyl (C=O) groups excluding carboxylic acids is 1. The lowest BCUT2D eigenvalue weighted by Gasteiger charge is -2.11. The zero-order chi connectivity index (χ0) is 11.5. The van der Waals surface area contributed by atoms with Crippen molar-refractivity contribution >= 4 is 27.7 Å². The number of amides is 1. The predicted octanol–water partition coefficient (Wildman–Crippen LogP) is 1.70. The third-order valence-electron chi connectivity index (χ3n) is 2.72. The number of aromatic nitrogens is 1. The van der Waals surface area contributed by atoms with E-state index in [1.807, 2.05) is 13.0 Å². The lowest BCUT2D eigenvalue weighted by Crippen LogP contribution is -2.25. The van der Waals surface area contributed by atoms with Crippen molar-refractivity contribution in [1.82, 2.24) is 10.3 Å². The smallest absolute Gasteiger partial charge is 0.229 e. The van der Waals surface area contributed by atoms with Crippen LogP contribution in [0.4, 0.5) is 5.82 Å². The number of pyridine rings is 1. The van der Waals surface area contributed by atoms with Gasteiger partial charge in [0.15, 0.2) is 0 Å². The Morgan fingerprint density at radius 2 is 2.50 bits per heavy atom. The number of hydrogen-bond donors (Lipinski definition) is 2. The SMILES string of the molecule is Cc1cc(Br)cnc1NC(=O)C1CCNC1. The van der Waals surface area contributed by atoms with Gasteiger partial charge < -0.3 is 10.6 Å². The van der Waals surface area contributed by atoms with Crippen LogP contribution in [-0.2, 0) is 4.79 Å². The molecule has 1 amide bonds. The number of halogens is 1. The molecular formula is C11H14BrN3O. The average molecular weight is 284 g/mol. The van der Waals surface area contributed by atoms with Crippen molar-refractivity contribution in [3.63, 3.8) is 0 Å². The second-order valence-corrected chi connectivity index (χ2v) is 4.91. The largest absolute Gasteiger partial charge is 0.316 e. The van der Waals surface area contributed by atoms with Gasteiger partial charge in [0.2, 0.25) is 5.91 Å². The molecule has 0 saturated carbocycles. The highest BCUT2D eigenvalue weighted by molar-refractivity contribution is 9.10. The minimum absolute atomic E-state index is 0.0583. The van der Waals surface area contributed by atoms with Crippen molar-refractivity contribution in [2.24, 2.45) is 5.92 Å². The number of carbonyl (C=O) groups is 1. The van der Waals surface area contributed by atoms with E-state index < -0.39 is 0 Å². The summed E-state index contributed by atoms with van der Waals surface area (Å²) in [6, 6.07) is 1.94. The van der Waals surface area contributed by atoms with E-state index in [1.54, 1.807) is 6.20 Å². The Kier molecular flexibility index (Phi) is 3.56. The minimum Gasteiger partial charge on any atom is -0.316 e. The molecule has 86 valence electrons. The fourth-order valence-electron chi connectivity index (χ4n) is 1.77. The molecule has 1 saturated heterocycles. The maximum absolute atomic E-state index is 11.8. The van der Waals surface area contributed by atoms with Crippen LogP contribution in [0.5, 0.6) is 0 Å². The predicted molar refractivity (Wildman–Crippen MR) is 66.3 cm³/mol. The van der Waals surface area contributed by atoms with Gasteiger partial charge in [-0.3, -0.25) is 4.79 Å². The topological polar surface area (TPSA) is 54.0 Å². The van der Waals surface area contributed by atoms with Gasteiger partial charge in [0.1, 0.15) is 5.82 Å². The first-order valence-corrected chi connectivity index (χ1v) is 6.10. The molecule has 4 nitrogen and oxygen atoms in total. The summed E-state index contributed by atoms with van der Waals surface area (Å²) >= 11 is 3.34. The lowest BCUT2D eigenvalue weighted by molar-refractivity contribution is -0.119. The summed E-state index contributed by atoms with van der Waals surface area (Å²) < 4.78 is 0.922. The number of hydrogen-bond acceptors (Lipinski definition) is 3. The third kappa shape index (κ3) is 2.59. The van der Waals surface area contributed by atoms with Crippen LogP contribution in [0.15, 0.2) is 16.7 Å². The van der Waals surface area contributed by atoms with E-state index in [4.69, 9.17) is 0 Å². The second-order valence-electron chi connectivity index (χ2n) is 4.00. The van der Waals surface area contributed by atoms with Crippen LogP contribution in [0.3, 0.4) is 0 Å². The molecule has 1 atom stereocenters. The van der Waals surface area contributed by atoms with Crippen molar-refractivity contribution < 1.29 is 4.79 Å². The summed E-state index contributed by atoms with van der Waals surface area (Å²) in [6.07, 6.45) is 2.59. The van der Waals surface area contributed by atoms with Crippen molar-refractivity contribution in [3.05, 3.63) is 22.3 Å². The normalized spacial score (nSPS) is 19.8. The third-order valence-corrected chi connectivity index (χ3v) is 3.15. The molecule has 0 aliphatic carbocycles. The van der Waals surface area contributed by atoms with Crippen LogP contribution in [-0.4, -0.2) is 24.0 Å². The minimum atomic E-state index is 0.0583. The molecule has 2 rings (SSSR count). The van der Waals surface area contributed by atoms with Gasteiger partial charge >= 0.3 is 0 Å². The molecule has 1 aromatic rings. The van der Waals surface area contributed by atoms with Crippen molar-refractivity contribution in [2.45, 2.75) is 13.3 Å². The van der Waals surface area contributed by atoms with Gasteiger partial charge in [-0.25, -0.2) is 4.98 Å². The van der Waals surface area contributed by atoms with Gasteiger partial charge in [-0.05, 0) is 47.4 Å². The van der Waals surface area contributed by atoms with Crippen LogP contribution >= 0.6 is 15.9 Å². The Bertz CT molecular complexity index is 402. The molecule has 1 aromatic heterocycles. The van der Waals surface area contributed by atoms with Crippen LogP contribution < -0.4 is 10.6 Å². The van der Waals surface area contributed by atoms with Gasteiger partial charge in [-0.15, -0.1) is 0 Å². The van der Waals surface area contributed by atoms with E-state index in [1.165, 1.54) is 0 Å². The zero-order valence-electron chi connectivity index (χ0n) is 9.09. The van der Waals surface area contributed by atoms with Gasteiger partial charge in [0.05, 0.1) is 5.92 Å². The van der Waals surface area contributed by atoms with E-state index in [9.17, 15) is 4.79 Å². The molecule has 1 aliphatic rings. The van der Waals surface area contributed by atoms with Gasteiger partial charge in [-0.1, -0.05) is 0 Å². The molecule has 5 heteroatoms. The molecule has 0 radical (unpaired) electrons. The molecule has 0 bridgehead atoms. The van der Waals surface area contributed by atoms with E-state index >= 15 is 0 Å². The van der Waals surface area contributed by atoms with Gasteiger partial charge in [0, 0.05) is 17.2 Å². The highest BCUT2D eigenvalue weighted by Crippen LogP contribution is 2.18. The monoisotopic (exact) mass is 283 g/mol. The highest BCUT2D eigenvalue weighted by atomic mass is 79.9. The first kappa shape index (κ1) is 11.5. The summed E-state index contributed by atoms with van der Waals surface area (Å²) in [5.41, 5.74) is 0.966. The van der Waals surface area contributed by atoms with Gasteiger partial charge in [0.25, 0.3) is 0 Å². The number of anilines is 1. The van der Waals surface area contributed by atoms with Crippen LogP contribution in [0.25, 0.3) is 0 Å². The molecule has 1 aliphatic heterocycles. The van der Waals surface area contributed by atoms with E-state index in [0.29, 0.717) is 5.82 Å². The van der Waals surface area contributed by atoms with Crippen LogP contribution in [0, 0.1) is 12.8 Å². The molecule has 0 spiro atoms. The molecule has 1 fully saturated rings. The Morgan fingerprint density at radius 3 is 3.12 bits per heavy atom. The first-order chi connectivity index (χ1) is 7.66. The molecule has 2 heterocycles. The Balaban J connectivity index is 2.05. The summed E-state index contributed by atoms with van der Waals surface area (Å²) in [6.45, 7) is 3.62. The summed E-state index contributed by atoms with van der Waals surface area (Å²) in [7, 11) is 0. The standard InChI is InChI=1S/C11H14BrN3O/c1-7-4-9(12)6-14-10(7)15-11(16)8-2-3-13-5-8/h4,6,8,13H,2-3,5H2,1H3,(H,14,15,16). The maximum atomic E-state index is 11.8. The molecule has 1 unspecified atom stereocenters. The molecule has 0 aromatic carbocycles. The lowest BCUT2D eigenvalue weighted by atomic mass is 10.1. The Hall–Kier alpha value is -0.940. The highest BCUT2D eigenvalue weighted by Gasteiger charge is 2.22. The number of rotatable bonds is 2. The van der Waals surface area contributed by atoms with Crippen molar-refractivity contribution in [3.8, 4) is 0 Å². The zero-order valence-corrected chi connectivity index (χ0v) is 10.7. The Labute approximate surface area is 103 Å². The molecule has 2 N–H and O–H groups in total. The molecular weight excluding hydrogens is 270 g/mol. The number of nitrogens with one attached hydrogen (secondary N) is 2. The first-order valence-electron chi connectivity index (χ1n) is 5.30. The van der Waals surface area contributed by atoms with Crippen molar-refractivity contribution in [2.75, 3.05) is 18.4 Å². The number of nitrogens with zero attached hydrogens (tertiary/aromatic N) is 1. The van der Waals surface area contributed by atoms with Crippen LogP contribution in [0.2, 0.25) is 0 Å². The van der Waals surface area contributed by atoms with E-state index in [0.717, 1.165) is 29.5 Å². The average Bonchev–Trinajstić information content (AvgIpc) is 2.75. The second kappa shape index (κ2) is 4.93. The van der Waals surface area contributed by atoms with Crippen LogP contribution in [0.1, 0.15) is 12.0 Å². The van der Waals surface area contributed by atoms with Crippen molar-refractivity contribution in [1.29, 1.82) is 0 Å². The van der Waals surface area contributed by atoms with E-state index in [2.05, 4.69) is 31.5 Å². The van der Waals surface area contributed by atoms with E-state index in [-0.39, 0.29) is 11.8 Å². The van der Waals surface area contributed by atoms with Gasteiger partial charge in [-0.2, -0.15) is 0 Å². The molecule has 16 heavy (non-hydrogen) atoms. The quantitative estimate of drug-likeness (QED) is 0.869. The summed E-state index contributed by atoms with van der Waals surface area (Å²) in [5.74, 6) is 0.785. The fourth-order valence-corrected chi connectivity index (χ4v) is 2.21. The maximum Gasteiger partial charge on any atom is 0.229 e. The summed E-state index contributed by atoms with van der Waals surface area (Å²) in [4.78, 5) is 16.0. The number of aryl methyl sites for hydroxylation is 1. The summed E-state index contributed by atoms with van der Waals surface area (Å²) in [5, 5.41) is 6.04. The fraction of sp³-hybridized carbons (Fsp3) is 0.455. The Morgan fingerprint density at radius 1 is 1.69 bits per heavy atom.